The minimum Gasteiger partial charge on any atom is -0.497 e. The standard InChI is InChI=1S/C20H26N2O4S2/c1-15-12-17(26-2)6-7-19(15)21-20(23)8-5-16-4-3-10-22(13-16)28(24,25)18-9-11-27-14-18/h6-7,9,11-12,14,16H,3-5,8,10,13H2,1-2H3,(H,21,23). The first kappa shape index (κ1) is 20.8. The number of sulfonamides is 1. The van der Waals surface area contributed by atoms with Gasteiger partial charge < -0.3 is 10.1 Å². The number of methoxy groups -OCH3 is 1. The first-order valence-corrected chi connectivity index (χ1v) is 11.8. The van der Waals surface area contributed by atoms with E-state index < -0.39 is 10.0 Å². The Kier molecular flexibility index (Phi) is 6.74. The molecule has 28 heavy (non-hydrogen) atoms. The van der Waals surface area contributed by atoms with Crippen molar-refractivity contribution in [1.29, 1.82) is 0 Å². The molecule has 1 aliphatic rings. The zero-order valence-corrected chi connectivity index (χ0v) is 17.8. The summed E-state index contributed by atoms with van der Waals surface area (Å²) in [6.07, 6.45) is 2.83. The number of hydrogen-bond acceptors (Lipinski definition) is 5. The van der Waals surface area contributed by atoms with E-state index in [0.717, 1.165) is 29.8 Å². The van der Waals surface area contributed by atoms with Gasteiger partial charge in [-0.05, 0) is 67.3 Å². The molecule has 0 saturated carbocycles. The molecule has 1 amide bonds. The topological polar surface area (TPSA) is 75.7 Å². The van der Waals surface area contributed by atoms with Crippen molar-refractivity contribution in [1.82, 2.24) is 4.31 Å². The molecule has 1 aromatic carbocycles. The third-order valence-corrected chi connectivity index (χ3v) is 7.80. The number of anilines is 1. The highest BCUT2D eigenvalue weighted by Gasteiger charge is 2.30. The van der Waals surface area contributed by atoms with Gasteiger partial charge in [-0.1, -0.05) is 0 Å². The van der Waals surface area contributed by atoms with Gasteiger partial charge in [0.15, 0.2) is 0 Å². The van der Waals surface area contributed by atoms with E-state index in [-0.39, 0.29) is 11.8 Å². The largest absolute Gasteiger partial charge is 0.497 e. The first-order valence-electron chi connectivity index (χ1n) is 9.37. The molecule has 0 radical (unpaired) electrons. The normalized spacial score (nSPS) is 18.0. The summed E-state index contributed by atoms with van der Waals surface area (Å²) in [5.41, 5.74) is 1.72. The number of aryl methyl sites for hydroxylation is 1. The van der Waals surface area contributed by atoms with Crippen molar-refractivity contribution < 1.29 is 17.9 Å². The maximum atomic E-state index is 12.7. The summed E-state index contributed by atoms with van der Waals surface area (Å²) in [6.45, 7) is 2.95. The predicted molar refractivity (Wildman–Crippen MR) is 111 cm³/mol. The van der Waals surface area contributed by atoms with E-state index in [1.165, 1.54) is 11.3 Å². The molecule has 2 aromatic rings. The molecule has 0 aliphatic carbocycles. The van der Waals surface area contributed by atoms with Crippen molar-refractivity contribution in [2.45, 2.75) is 37.5 Å². The number of nitrogens with zero attached hydrogens (tertiary/aromatic N) is 1. The highest BCUT2D eigenvalue weighted by Crippen LogP contribution is 2.27. The molecule has 0 bridgehead atoms. The Hall–Kier alpha value is -1.90. The van der Waals surface area contributed by atoms with Crippen LogP contribution in [0.4, 0.5) is 5.69 Å². The average Bonchev–Trinajstić information content (AvgIpc) is 3.24. The van der Waals surface area contributed by atoms with Crippen LogP contribution in [-0.2, 0) is 14.8 Å². The van der Waals surface area contributed by atoms with E-state index in [1.807, 2.05) is 25.1 Å². The minimum absolute atomic E-state index is 0.0499. The Morgan fingerprint density at radius 3 is 2.86 bits per heavy atom. The molecular formula is C20H26N2O4S2. The van der Waals surface area contributed by atoms with Gasteiger partial charge >= 0.3 is 0 Å². The molecule has 1 fully saturated rings. The van der Waals surface area contributed by atoms with Crippen LogP contribution in [0.2, 0.25) is 0 Å². The smallest absolute Gasteiger partial charge is 0.243 e. The lowest BCUT2D eigenvalue weighted by molar-refractivity contribution is -0.116. The molecule has 152 valence electrons. The van der Waals surface area contributed by atoms with E-state index in [2.05, 4.69) is 5.32 Å². The summed E-state index contributed by atoms with van der Waals surface area (Å²) in [5, 5.41) is 6.39. The van der Waals surface area contributed by atoms with E-state index in [0.29, 0.717) is 30.8 Å². The summed E-state index contributed by atoms with van der Waals surface area (Å²) in [4.78, 5) is 12.7. The Labute approximate surface area is 170 Å². The van der Waals surface area contributed by atoms with Gasteiger partial charge in [0.1, 0.15) is 5.75 Å². The van der Waals surface area contributed by atoms with Gasteiger partial charge in [-0.3, -0.25) is 4.79 Å². The van der Waals surface area contributed by atoms with Crippen molar-refractivity contribution in [3.63, 3.8) is 0 Å². The number of carbonyl (C=O) groups is 1. The van der Waals surface area contributed by atoms with Gasteiger partial charge in [-0.15, -0.1) is 0 Å². The van der Waals surface area contributed by atoms with Gasteiger partial charge in [-0.2, -0.15) is 15.6 Å². The number of thiophene rings is 1. The van der Waals surface area contributed by atoms with Crippen LogP contribution < -0.4 is 10.1 Å². The second-order valence-electron chi connectivity index (χ2n) is 7.10. The zero-order valence-electron chi connectivity index (χ0n) is 16.2. The quantitative estimate of drug-likeness (QED) is 0.735. The maximum absolute atomic E-state index is 12.7. The summed E-state index contributed by atoms with van der Waals surface area (Å²) in [6, 6.07) is 7.18. The molecule has 2 heterocycles. The summed E-state index contributed by atoms with van der Waals surface area (Å²) in [5.74, 6) is 0.903. The summed E-state index contributed by atoms with van der Waals surface area (Å²) in [7, 11) is -1.81. The molecule has 1 aliphatic heterocycles. The lowest BCUT2D eigenvalue weighted by Crippen LogP contribution is -2.39. The fourth-order valence-corrected chi connectivity index (χ4v) is 6.05. The molecule has 1 aromatic heterocycles. The van der Waals surface area contributed by atoms with Crippen molar-refractivity contribution in [2.75, 3.05) is 25.5 Å². The monoisotopic (exact) mass is 422 g/mol. The number of amides is 1. The van der Waals surface area contributed by atoms with Crippen LogP contribution in [0.1, 0.15) is 31.2 Å². The van der Waals surface area contributed by atoms with Crippen LogP contribution in [0.15, 0.2) is 39.9 Å². The second-order valence-corrected chi connectivity index (χ2v) is 9.82. The van der Waals surface area contributed by atoms with E-state index in [4.69, 9.17) is 4.74 Å². The molecule has 6 nitrogen and oxygen atoms in total. The highest BCUT2D eigenvalue weighted by atomic mass is 32.2. The molecule has 1 unspecified atom stereocenters. The summed E-state index contributed by atoms with van der Waals surface area (Å²) >= 11 is 1.38. The molecular weight excluding hydrogens is 396 g/mol. The summed E-state index contributed by atoms with van der Waals surface area (Å²) < 4.78 is 32.2. The fourth-order valence-electron chi connectivity index (χ4n) is 3.48. The molecule has 1 atom stereocenters. The zero-order chi connectivity index (χ0) is 20.1. The lowest BCUT2D eigenvalue weighted by Gasteiger charge is -2.31. The molecule has 1 saturated heterocycles. The van der Waals surface area contributed by atoms with Crippen LogP contribution in [0, 0.1) is 12.8 Å². The first-order chi connectivity index (χ1) is 13.4. The van der Waals surface area contributed by atoms with Crippen molar-refractivity contribution in [2.24, 2.45) is 5.92 Å². The van der Waals surface area contributed by atoms with Crippen molar-refractivity contribution in [3.8, 4) is 5.75 Å². The van der Waals surface area contributed by atoms with Gasteiger partial charge in [0.25, 0.3) is 0 Å². The van der Waals surface area contributed by atoms with Crippen LogP contribution >= 0.6 is 11.3 Å². The van der Waals surface area contributed by atoms with Gasteiger partial charge in [0, 0.05) is 30.6 Å². The number of piperidine rings is 1. The second kappa shape index (κ2) is 9.07. The van der Waals surface area contributed by atoms with E-state index >= 15 is 0 Å². The third-order valence-electron chi connectivity index (χ3n) is 5.10. The van der Waals surface area contributed by atoms with Crippen LogP contribution in [-0.4, -0.2) is 38.8 Å². The van der Waals surface area contributed by atoms with E-state index in [1.54, 1.807) is 28.2 Å². The Morgan fingerprint density at radius 1 is 1.36 bits per heavy atom. The van der Waals surface area contributed by atoms with E-state index in [9.17, 15) is 13.2 Å². The average molecular weight is 423 g/mol. The number of hydrogen-bond donors (Lipinski definition) is 1. The number of nitrogens with one attached hydrogen (secondary N) is 1. The Balaban J connectivity index is 1.54. The van der Waals surface area contributed by atoms with Crippen molar-refractivity contribution >= 4 is 33.0 Å². The number of ether oxygens (including phenoxy) is 1. The fraction of sp³-hybridized carbons (Fsp3) is 0.450. The van der Waals surface area contributed by atoms with Gasteiger partial charge in [-0.25, -0.2) is 8.42 Å². The molecule has 0 spiro atoms. The van der Waals surface area contributed by atoms with Crippen molar-refractivity contribution in [3.05, 3.63) is 40.6 Å². The van der Waals surface area contributed by atoms with Gasteiger partial charge in [0.2, 0.25) is 15.9 Å². The molecule has 3 rings (SSSR count). The number of carbonyl (C=O) groups excluding carboxylic acids is 1. The number of benzene rings is 1. The lowest BCUT2D eigenvalue weighted by atomic mass is 9.94. The van der Waals surface area contributed by atoms with Gasteiger partial charge in [0.05, 0.1) is 12.0 Å². The third kappa shape index (κ3) is 4.92. The minimum atomic E-state index is -3.42. The van der Waals surface area contributed by atoms with Crippen LogP contribution in [0.25, 0.3) is 0 Å². The SMILES string of the molecule is COc1ccc(NC(=O)CCC2CCCN(S(=O)(=O)c3ccsc3)C2)c(C)c1. The highest BCUT2D eigenvalue weighted by molar-refractivity contribution is 7.89. The Bertz CT molecular complexity index is 910. The Morgan fingerprint density at radius 2 is 2.18 bits per heavy atom. The number of rotatable bonds is 7. The van der Waals surface area contributed by atoms with Crippen LogP contribution in [0.3, 0.4) is 0 Å². The molecule has 8 heteroatoms. The maximum Gasteiger partial charge on any atom is 0.243 e. The molecule has 1 N–H and O–H groups in total. The van der Waals surface area contributed by atoms with Crippen LogP contribution in [0.5, 0.6) is 5.75 Å². The predicted octanol–water partition coefficient (Wildman–Crippen LogP) is 3.88.